The van der Waals surface area contributed by atoms with Crippen LogP contribution in [-0.2, 0) is 11.3 Å². The molecule has 0 unspecified atom stereocenters. The van der Waals surface area contributed by atoms with Crippen molar-refractivity contribution < 1.29 is 14.3 Å². The largest absolute Gasteiger partial charge is 0.454 e. The van der Waals surface area contributed by atoms with Gasteiger partial charge in [-0.25, -0.2) is 0 Å². The summed E-state index contributed by atoms with van der Waals surface area (Å²) in [6.45, 7) is 0.674. The Hall–Kier alpha value is -2.46. The average Bonchev–Trinajstić information content (AvgIpc) is 2.98. The second-order valence-electron chi connectivity index (χ2n) is 4.79. The Morgan fingerprint density at radius 3 is 2.91 bits per heavy atom. The first-order chi connectivity index (χ1) is 10.7. The zero-order valence-electron chi connectivity index (χ0n) is 11.7. The predicted molar refractivity (Wildman–Crippen MR) is 84.9 cm³/mol. The minimum Gasteiger partial charge on any atom is -0.454 e. The summed E-state index contributed by atoms with van der Waals surface area (Å²) < 4.78 is 10.5. The molecule has 0 radical (unpaired) electrons. The van der Waals surface area contributed by atoms with Crippen LogP contribution in [0.1, 0.15) is 11.1 Å². The third-order valence-corrected chi connectivity index (χ3v) is 3.41. The Labute approximate surface area is 133 Å². The van der Waals surface area contributed by atoms with E-state index in [4.69, 9.17) is 21.1 Å². The number of halogens is 1. The van der Waals surface area contributed by atoms with Crippen molar-refractivity contribution in [3.8, 4) is 11.5 Å². The summed E-state index contributed by atoms with van der Waals surface area (Å²) in [6, 6.07) is 12.9. The molecule has 2 aromatic rings. The lowest BCUT2D eigenvalue weighted by atomic mass is 10.2. The van der Waals surface area contributed by atoms with Gasteiger partial charge in [-0.3, -0.25) is 4.79 Å². The zero-order valence-corrected chi connectivity index (χ0v) is 12.5. The molecule has 1 aliphatic rings. The van der Waals surface area contributed by atoms with Crippen LogP contribution in [0.5, 0.6) is 11.5 Å². The van der Waals surface area contributed by atoms with Gasteiger partial charge in [-0.1, -0.05) is 29.8 Å². The topological polar surface area (TPSA) is 47.6 Å². The van der Waals surface area contributed by atoms with Gasteiger partial charge >= 0.3 is 0 Å². The second kappa shape index (κ2) is 6.54. The van der Waals surface area contributed by atoms with Gasteiger partial charge in [0.25, 0.3) is 0 Å². The number of hydrogen-bond donors (Lipinski definition) is 1. The minimum absolute atomic E-state index is 0.169. The Morgan fingerprint density at radius 2 is 2.05 bits per heavy atom. The number of carbonyl (C=O) groups excluding carboxylic acids is 1. The predicted octanol–water partition coefficient (Wildman–Crippen LogP) is 3.40. The SMILES string of the molecule is O=C(C=Cc1ccc2c(c1)OCO2)NCc1cccc(Cl)c1. The Morgan fingerprint density at radius 1 is 1.18 bits per heavy atom. The van der Waals surface area contributed by atoms with Crippen molar-refractivity contribution in [2.24, 2.45) is 0 Å². The lowest BCUT2D eigenvalue weighted by Crippen LogP contribution is -2.20. The first-order valence-electron chi connectivity index (χ1n) is 6.81. The molecule has 3 rings (SSSR count). The molecule has 0 bridgehead atoms. The highest BCUT2D eigenvalue weighted by atomic mass is 35.5. The van der Waals surface area contributed by atoms with Crippen LogP contribution in [0, 0.1) is 0 Å². The van der Waals surface area contributed by atoms with Gasteiger partial charge in [-0.15, -0.1) is 0 Å². The van der Waals surface area contributed by atoms with Gasteiger partial charge < -0.3 is 14.8 Å². The quantitative estimate of drug-likeness (QED) is 0.880. The molecular weight excluding hydrogens is 302 g/mol. The molecule has 0 aromatic heterocycles. The molecule has 22 heavy (non-hydrogen) atoms. The van der Waals surface area contributed by atoms with E-state index in [9.17, 15) is 4.79 Å². The number of benzene rings is 2. The molecular formula is C17H14ClNO3. The standard InChI is InChI=1S/C17H14ClNO3/c18-14-3-1-2-13(8-14)10-19-17(20)7-5-12-4-6-15-16(9-12)22-11-21-15/h1-9H,10-11H2,(H,19,20). The van der Waals surface area contributed by atoms with Gasteiger partial charge in [-0.05, 0) is 41.5 Å². The number of hydrogen-bond acceptors (Lipinski definition) is 3. The normalized spacial score (nSPS) is 12.6. The third-order valence-electron chi connectivity index (χ3n) is 3.18. The van der Waals surface area contributed by atoms with Crippen LogP contribution in [0.3, 0.4) is 0 Å². The van der Waals surface area contributed by atoms with Gasteiger partial charge in [0.05, 0.1) is 0 Å². The molecule has 0 saturated heterocycles. The molecule has 0 fully saturated rings. The number of nitrogens with one attached hydrogen (secondary N) is 1. The fraction of sp³-hybridized carbons (Fsp3) is 0.118. The monoisotopic (exact) mass is 315 g/mol. The van der Waals surface area contributed by atoms with Crippen LogP contribution >= 0.6 is 11.6 Å². The van der Waals surface area contributed by atoms with Crippen molar-refractivity contribution in [3.63, 3.8) is 0 Å². The Balaban J connectivity index is 1.57. The van der Waals surface area contributed by atoms with Gasteiger partial charge in [0.2, 0.25) is 12.7 Å². The first kappa shape index (κ1) is 14.5. The van der Waals surface area contributed by atoms with E-state index in [0.29, 0.717) is 17.3 Å². The maximum absolute atomic E-state index is 11.8. The maximum Gasteiger partial charge on any atom is 0.244 e. The molecule has 0 spiro atoms. The summed E-state index contributed by atoms with van der Waals surface area (Å²) in [5.41, 5.74) is 1.83. The molecule has 1 aliphatic heterocycles. The van der Waals surface area contributed by atoms with E-state index in [1.165, 1.54) is 6.08 Å². The summed E-state index contributed by atoms with van der Waals surface area (Å²) in [7, 11) is 0. The first-order valence-corrected chi connectivity index (χ1v) is 7.18. The van der Waals surface area contributed by atoms with Crippen LogP contribution in [0.4, 0.5) is 0 Å². The summed E-state index contributed by atoms with van der Waals surface area (Å²) in [6.07, 6.45) is 3.22. The van der Waals surface area contributed by atoms with Gasteiger partial charge in [0, 0.05) is 17.6 Å². The highest BCUT2D eigenvalue weighted by Crippen LogP contribution is 2.32. The Bertz CT molecular complexity index is 728. The van der Waals surface area contributed by atoms with E-state index in [1.807, 2.05) is 36.4 Å². The molecule has 1 heterocycles. The third kappa shape index (κ3) is 3.59. The smallest absolute Gasteiger partial charge is 0.244 e. The van der Waals surface area contributed by atoms with E-state index >= 15 is 0 Å². The summed E-state index contributed by atoms with van der Waals surface area (Å²) >= 11 is 5.90. The number of fused-ring (bicyclic) bond motifs is 1. The fourth-order valence-electron chi connectivity index (χ4n) is 2.08. The molecule has 4 nitrogen and oxygen atoms in total. The number of rotatable bonds is 4. The van der Waals surface area contributed by atoms with Gasteiger partial charge in [0.1, 0.15) is 0 Å². The molecule has 1 N–H and O–H groups in total. The van der Waals surface area contributed by atoms with Gasteiger partial charge in [-0.2, -0.15) is 0 Å². The summed E-state index contributed by atoms with van der Waals surface area (Å²) in [5, 5.41) is 3.46. The van der Waals surface area contributed by atoms with E-state index < -0.39 is 0 Å². The van der Waals surface area contributed by atoms with Gasteiger partial charge in [0.15, 0.2) is 11.5 Å². The highest BCUT2D eigenvalue weighted by Gasteiger charge is 2.12. The van der Waals surface area contributed by atoms with E-state index in [2.05, 4.69) is 5.32 Å². The number of ether oxygens (including phenoxy) is 2. The van der Waals surface area contributed by atoms with Crippen molar-refractivity contribution in [2.45, 2.75) is 6.54 Å². The van der Waals surface area contributed by atoms with Crippen molar-refractivity contribution in [3.05, 3.63) is 64.7 Å². The lowest BCUT2D eigenvalue weighted by Gasteiger charge is -2.03. The number of carbonyl (C=O) groups is 1. The Kier molecular flexibility index (Phi) is 4.30. The van der Waals surface area contributed by atoms with Crippen LogP contribution in [0.15, 0.2) is 48.5 Å². The van der Waals surface area contributed by atoms with Crippen LogP contribution in [0.2, 0.25) is 5.02 Å². The molecule has 2 aromatic carbocycles. The summed E-state index contributed by atoms with van der Waals surface area (Å²) in [5.74, 6) is 1.25. The molecule has 0 atom stereocenters. The average molecular weight is 316 g/mol. The second-order valence-corrected chi connectivity index (χ2v) is 5.23. The van der Waals surface area contributed by atoms with E-state index in [1.54, 1.807) is 12.1 Å². The molecule has 112 valence electrons. The highest BCUT2D eigenvalue weighted by molar-refractivity contribution is 6.30. The molecule has 0 aliphatic carbocycles. The number of amides is 1. The molecule has 0 saturated carbocycles. The maximum atomic E-state index is 11.8. The van der Waals surface area contributed by atoms with E-state index in [0.717, 1.165) is 16.9 Å². The lowest BCUT2D eigenvalue weighted by molar-refractivity contribution is -0.116. The van der Waals surface area contributed by atoms with Crippen molar-refractivity contribution in [2.75, 3.05) is 6.79 Å². The zero-order chi connectivity index (χ0) is 15.4. The van der Waals surface area contributed by atoms with Crippen molar-refractivity contribution >= 4 is 23.6 Å². The molecule has 5 heteroatoms. The van der Waals surface area contributed by atoms with Crippen LogP contribution in [0.25, 0.3) is 6.08 Å². The molecule has 1 amide bonds. The van der Waals surface area contributed by atoms with Crippen LogP contribution in [-0.4, -0.2) is 12.7 Å². The van der Waals surface area contributed by atoms with Crippen molar-refractivity contribution in [1.29, 1.82) is 0 Å². The summed E-state index contributed by atoms with van der Waals surface area (Å²) in [4.78, 5) is 11.8. The fourth-order valence-corrected chi connectivity index (χ4v) is 2.30. The van der Waals surface area contributed by atoms with E-state index in [-0.39, 0.29) is 12.7 Å². The minimum atomic E-state index is -0.169. The van der Waals surface area contributed by atoms with Crippen LogP contribution < -0.4 is 14.8 Å². The van der Waals surface area contributed by atoms with Crippen molar-refractivity contribution in [1.82, 2.24) is 5.32 Å².